The Balaban J connectivity index is 1.78. The molecule has 0 amide bonds. The van der Waals surface area contributed by atoms with Gasteiger partial charge in [0.15, 0.2) is 0 Å². The van der Waals surface area contributed by atoms with Gasteiger partial charge in [-0.05, 0) is 81.4 Å². The summed E-state index contributed by atoms with van der Waals surface area (Å²) in [5, 5.41) is 3.75. The smallest absolute Gasteiger partial charge is 0.123 e. The van der Waals surface area contributed by atoms with E-state index in [0.717, 1.165) is 24.8 Å². The predicted molar refractivity (Wildman–Crippen MR) is 85.7 cm³/mol. The maximum absolute atomic E-state index is 13.1. The second-order valence-corrected chi connectivity index (χ2v) is 8.35. The van der Waals surface area contributed by atoms with Crippen molar-refractivity contribution in [2.24, 2.45) is 17.3 Å². The van der Waals surface area contributed by atoms with E-state index in [9.17, 15) is 4.39 Å². The molecule has 0 spiro atoms. The van der Waals surface area contributed by atoms with Crippen LogP contribution in [0.4, 0.5) is 4.39 Å². The molecule has 3 unspecified atom stereocenters. The van der Waals surface area contributed by atoms with Crippen LogP contribution in [-0.4, -0.2) is 12.1 Å². The molecule has 0 aliphatic heterocycles. The zero-order valence-electron chi connectivity index (χ0n) is 13.6. The lowest BCUT2D eigenvalue weighted by atomic mass is 9.69. The van der Waals surface area contributed by atoms with E-state index in [1.165, 1.54) is 31.2 Å². The second-order valence-electron chi connectivity index (χ2n) is 8.35. The van der Waals surface area contributed by atoms with Crippen LogP contribution in [0.2, 0.25) is 0 Å². The maximum Gasteiger partial charge on any atom is 0.123 e. The Bertz CT molecular complexity index is 487. The molecule has 1 aromatic rings. The molecule has 116 valence electrons. The average molecular weight is 289 g/mol. The van der Waals surface area contributed by atoms with Crippen molar-refractivity contribution < 1.29 is 4.39 Å². The molecule has 2 aliphatic rings. The van der Waals surface area contributed by atoms with Gasteiger partial charge >= 0.3 is 0 Å². The van der Waals surface area contributed by atoms with E-state index in [4.69, 9.17) is 0 Å². The van der Waals surface area contributed by atoms with Crippen molar-refractivity contribution in [3.8, 4) is 0 Å². The third kappa shape index (κ3) is 3.31. The molecule has 3 rings (SSSR count). The summed E-state index contributed by atoms with van der Waals surface area (Å²) in [6, 6.07) is 7.15. The average Bonchev–Trinajstić information content (AvgIpc) is 2.99. The van der Waals surface area contributed by atoms with Crippen molar-refractivity contribution in [3.63, 3.8) is 0 Å². The fraction of sp³-hybridized carbons (Fsp3) is 0.684. The topological polar surface area (TPSA) is 12.0 Å². The number of nitrogens with one attached hydrogen (secondary N) is 1. The first-order valence-corrected chi connectivity index (χ1v) is 8.36. The summed E-state index contributed by atoms with van der Waals surface area (Å²) in [5.74, 6) is 1.65. The van der Waals surface area contributed by atoms with Crippen LogP contribution >= 0.6 is 0 Å². The van der Waals surface area contributed by atoms with Gasteiger partial charge in [-0.15, -0.1) is 0 Å². The number of hydrogen-bond donors (Lipinski definition) is 1. The van der Waals surface area contributed by atoms with E-state index in [2.05, 4.69) is 26.1 Å². The Labute approximate surface area is 128 Å². The van der Waals surface area contributed by atoms with Gasteiger partial charge in [0.2, 0.25) is 0 Å². The van der Waals surface area contributed by atoms with Crippen LogP contribution in [-0.2, 0) is 6.42 Å². The standard InChI is InChI=1S/C19H28FN/c1-18(2,3)21-13-19(12-15-4-7-16(19)10-15)11-14-5-8-17(20)9-6-14/h5-6,8-9,15-16,21H,4,7,10-13H2,1-3H3. The van der Waals surface area contributed by atoms with E-state index in [1.54, 1.807) is 12.1 Å². The lowest BCUT2D eigenvalue weighted by Gasteiger charge is -2.40. The molecule has 0 heterocycles. The fourth-order valence-corrected chi connectivity index (χ4v) is 4.50. The van der Waals surface area contributed by atoms with Crippen molar-refractivity contribution in [2.45, 2.75) is 58.4 Å². The van der Waals surface area contributed by atoms with Gasteiger partial charge in [0.05, 0.1) is 0 Å². The van der Waals surface area contributed by atoms with Crippen LogP contribution < -0.4 is 5.32 Å². The summed E-state index contributed by atoms with van der Waals surface area (Å²) in [6.07, 6.45) is 6.66. The highest BCUT2D eigenvalue weighted by Crippen LogP contribution is 2.57. The number of rotatable bonds is 4. The highest BCUT2D eigenvalue weighted by atomic mass is 19.1. The van der Waals surface area contributed by atoms with Crippen LogP contribution in [0.3, 0.4) is 0 Å². The van der Waals surface area contributed by atoms with E-state index >= 15 is 0 Å². The first-order chi connectivity index (χ1) is 9.86. The quantitative estimate of drug-likeness (QED) is 0.856. The lowest BCUT2D eigenvalue weighted by molar-refractivity contribution is 0.143. The molecular weight excluding hydrogens is 261 g/mol. The van der Waals surface area contributed by atoms with E-state index in [-0.39, 0.29) is 11.4 Å². The maximum atomic E-state index is 13.1. The molecule has 2 saturated carbocycles. The molecule has 2 aliphatic carbocycles. The summed E-state index contributed by atoms with van der Waals surface area (Å²) >= 11 is 0. The molecule has 21 heavy (non-hydrogen) atoms. The summed E-state index contributed by atoms with van der Waals surface area (Å²) in [4.78, 5) is 0. The second kappa shape index (κ2) is 5.39. The summed E-state index contributed by atoms with van der Waals surface area (Å²) in [6.45, 7) is 7.82. The van der Waals surface area contributed by atoms with Crippen LogP contribution in [0, 0.1) is 23.1 Å². The van der Waals surface area contributed by atoms with Gasteiger partial charge in [0, 0.05) is 12.1 Å². The Hall–Kier alpha value is -0.890. The van der Waals surface area contributed by atoms with E-state index < -0.39 is 0 Å². The molecule has 1 aromatic carbocycles. The van der Waals surface area contributed by atoms with Gasteiger partial charge in [0.25, 0.3) is 0 Å². The number of hydrogen-bond acceptors (Lipinski definition) is 1. The van der Waals surface area contributed by atoms with Gasteiger partial charge in [-0.2, -0.15) is 0 Å². The SMILES string of the molecule is CC(C)(C)NCC1(Cc2ccc(F)cc2)CC2CCC1C2. The molecular formula is C19H28FN. The van der Waals surface area contributed by atoms with Crippen LogP contribution in [0.25, 0.3) is 0 Å². The minimum absolute atomic E-state index is 0.131. The third-order valence-corrected chi connectivity index (χ3v) is 5.54. The molecule has 2 fully saturated rings. The zero-order valence-corrected chi connectivity index (χ0v) is 13.6. The summed E-state index contributed by atoms with van der Waals surface area (Å²) in [5.41, 5.74) is 1.84. The largest absolute Gasteiger partial charge is 0.311 e. The fourth-order valence-electron chi connectivity index (χ4n) is 4.50. The minimum atomic E-state index is -0.131. The Morgan fingerprint density at radius 2 is 1.90 bits per heavy atom. The lowest BCUT2D eigenvalue weighted by Crippen LogP contribution is -2.47. The molecule has 0 radical (unpaired) electrons. The van der Waals surface area contributed by atoms with Gasteiger partial charge in [-0.25, -0.2) is 4.39 Å². The molecule has 0 aromatic heterocycles. The highest BCUT2D eigenvalue weighted by Gasteiger charge is 2.50. The zero-order chi connectivity index (χ0) is 15.1. The number of halogens is 1. The minimum Gasteiger partial charge on any atom is -0.311 e. The molecule has 1 N–H and O–H groups in total. The summed E-state index contributed by atoms with van der Waals surface area (Å²) in [7, 11) is 0. The van der Waals surface area contributed by atoms with Gasteiger partial charge in [0.1, 0.15) is 5.82 Å². The summed E-state index contributed by atoms with van der Waals surface area (Å²) < 4.78 is 13.1. The first-order valence-electron chi connectivity index (χ1n) is 8.36. The van der Waals surface area contributed by atoms with Gasteiger partial charge < -0.3 is 5.32 Å². The molecule has 0 saturated heterocycles. The predicted octanol–water partition coefficient (Wildman–Crippen LogP) is 4.56. The van der Waals surface area contributed by atoms with E-state index in [1.807, 2.05) is 12.1 Å². The van der Waals surface area contributed by atoms with Gasteiger partial charge in [-0.3, -0.25) is 0 Å². The van der Waals surface area contributed by atoms with Crippen LogP contribution in [0.15, 0.2) is 24.3 Å². The molecule has 2 bridgehead atoms. The van der Waals surface area contributed by atoms with Crippen LogP contribution in [0.1, 0.15) is 52.0 Å². The van der Waals surface area contributed by atoms with Crippen molar-refractivity contribution in [3.05, 3.63) is 35.6 Å². The molecule has 3 atom stereocenters. The van der Waals surface area contributed by atoms with Crippen molar-refractivity contribution in [2.75, 3.05) is 6.54 Å². The normalized spacial score (nSPS) is 31.8. The van der Waals surface area contributed by atoms with Crippen molar-refractivity contribution >= 4 is 0 Å². The van der Waals surface area contributed by atoms with Crippen molar-refractivity contribution in [1.82, 2.24) is 5.32 Å². The van der Waals surface area contributed by atoms with E-state index in [0.29, 0.717) is 5.41 Å². The molecule has 2 heteroatoms. The van der Waals surface area contributed by atoms with Gasteiger partial charge in [-0.1, -0.05) is 18.6 Å². The first kappa shape index (κ1) is 15.0. The Morgan fingerprint density at radius 1 is 1.19 bits per heavy atom. The number of fused-ring (bicyclic) bond motifs is 2. The Kier molecular flexibility index (Phi) is 3.85. The van der Waals surface area contributed by atoms with Crippen LogP contribution in [0.5, 0.6) is 0 Å². The van der Waals surface area contributed by atoms with Crippen molar-refractivity contribution in [1.29, 1.82) is 0 Å². The third-order valence-electron chi connectivity index (χ3n) is 5.54. The highest BCUT2D eigenvalue weighted by molar-refractivity contribution is 5.20. The monoisotopic (exact) mass is 289 g/mol. The Morgan fingerprint density at radius 3 is 2.43 bits per heavy atom. The molecule has 1 nitrogen and oxygen atoms in total. The number of benzene rings is 1.